The number of hydrogen-bond acceptors (Lipinski definition) is 15. The van der Waals surface area contributed by atoms with Gasteiger partial charge in [0, 0.05) is 25.7 Å². The molecule has 0 aliphatic heterocycles. The van der Waals surface area contributed by atoms with Gasteiger partial charge in [0.05, 0.1) is 26.4 Å². The Hall–Kier alpha value is -1.94. The summed E-state index contributed by atoms with van der Waals surface area (Å²) in [5.74, 6) is -0.593. The number of phosphoric acid groups is 2. The highest BCUT2D eigenvalue weighted by atomic mass is 31.2. The van der Waals surface area contributed by atoms with Crippen molar-refractivity contribution in [2.24, 2.45) is 11.8 Å². The van der Waals surface area contributed by atoms with Crippen LogP contribution >= 0.6 is 15.6 Å². The van der Waals surface area contributed by atoms with Crippen molar-refractivity contribution in [3.8, 4) is 0 Å². The largest absolute Gasteiger partial charge is 0.472 e. The van der Waals surface area contributed by atoms with Gasteiger partial charge in [0.2, 0.25) is 0 Å². The summed E-state index contributed by atoms with van der Waals surface area (Å²) in [5, 5.41) is 10.5. The maximum Gasteiger partial charge on any atom is 0.472 e. The number of carbonyl (C=O) groups excluding carboxylic acids is 4. The Labute approximate surface area is 524 Å². The standard InChI is InChI=1S/C67H130O17P2/c1-7-9-11-13-29-37-43-49-64(69)77-55-62(83-66(71)51-45-39-30-14-12-10-8-2)57-81-85(73,74)79-53-61(68)54-80-86(75,76)82-58-63(56-78-65(70)50-44-38-33-28-27-32-36-42-48-60(5)6)84-67(72)52-46-40-34-26-24-22-20-18-16-15-17-19-21-23-25-31-35-41-47-59(3)4/h59-63,68H,7-58H2,1-6H3,(H,73,74)(H,75,76)/t61-,62+,63+/m0/s1. The predicted octanol–water partition coefficient (Wildman–Crippen LogP) is 18.8. The van der Waals surface area contributed by atoms with Crippen molar-refractivity contribution in [1.82, 2.24) is 0 Å². The lowest BCUT2D eigenvalue weighted by molar-refractivity contribution is -0.161. The van der Waals surface area contributed by atoms with Crippen LogP contribution in [-0.2, 0) is 65.4 Å². The van der Waals surface area contributed by atoms with Crippen LogP contribution in [0.4, 0.5) is 0 Å². The van der Waals surface area contributed by atoms with Crippen LogP contribution in [0.15, 0.2) is 0 Å². The topological polar surface area (TPSA) is 237 Å². The number of rotatable bonds is 66. The second-order valence-corrected chi connectivity index (χ2v) is 28.1. The van der Waals surface area contributed by atoms with E-state index in [2.05, 4.69) is 41.5 Å². The Balaban J connectivity index is 5.09. The first-order chi connectivity index (χ1) is 41.4. The number of hydrogen-bond donors (Lipinski definition) is 3. The van der Waals surface area contributed by atoms with Gasteiger partial charge in [0.25, 0.3) is 0 Å². The van der Waals surface area contributed by atoms with Crippen LogP contribution in [0.25, 0.3) is 0 Å². The Morgan fingerprint density at radius 3 is 0.791 bits per heavy atom. The summed E-state index contributed by atoms with van der Waals surface area (Å²) in [7, 11) is -9.88. The molecule has 5 atom stereocenters. The number of esters is 4. The molecule has 0 saturated carbocycles. The van der Waals surface area contributed by atoms with E-state index in [0.717, 1.165) is 127 Å². The lowest BCUT2D eigenvalue weighted by Crippen LogP contribution is -2.30. The normalized spacial score (nSPS) is 14.2. The minimum atomic E-state index is -4.95. The van der Waals surface area contributed by atoms with Gasteiger partial charge >= 0.3 is 39.5 Å². The third kappa shape index (κ3) is 60.9. The number of unbranched alkanes of at least 4 members (excludes halogenated alkanes) is 36. The van der Waals surface area contributed by atoms with E-state index >= 15 is 0 Å². The van der Waals surface area contributed by atoms with Gasteiger partial charge in [0.15, 0.2) is 12.2 Å². The molecule has 3 N–H and O–H groups in total. The molecule has 0 heterocycles. The Bertz CT molecular complexity index is 1680. The third-order valence-electron chi connectivity index (χ3n) is 15.5. The molecule has 510 valence electrons. The summed E-state index contributed by atoms with van der Waals surface area (Å²) in [6.07, 6.45) is 43.5. The first kappa shape index (κ1) is 84.1. The second-order valence-electron chi connectivity index (χ2n) is 25.2. The number of ether oxygens (including phenoxy) is 4. The Morgan fingerprint density at radius 2 is 0.535 bits per heavy atom. The summed E-state index contributed by atoms with van der Waals surface area (Å²) in [5.41, 5.74) is 0. The minimum absolute atomic E-state index is 0.103. The summed E-state index contributed by atoms with van der Waals surface area (Å²) in [4.78, 5) is 72.0. The highest BCUT2D eigenvalue weighted by Gasteiger charge is 2.30. The molecule has 0 aliphatic rings. The van der Waals surface area contributed by atoms with Gasteiger partial charge in [-0.2, -0.15) is 0 Å². The van der Waals surface area contributed by atoms with E-state index in [1.54, 1.807) is 0 Å². The first-order valence-electron chi connectivity index (χ1n) is 35.0. The van der Waals surface area contributed by atoms with Crippen molar-refractivity contribution in [1.29, 1.82) is 0 Å². The van der Waals surface area contributed by atoms with Crippen LogP contribution in [0.5, 0.6) is 0 Å². The molecule has 0 fully saturated rings. The molecular weight excluding hydrogens is 1140 g/mol. The van der Waals surface area contributed by atoms with Gasteiger partial charge in [-0.15, -0.1) is 0 Å². The fraction of sp³-hybridized carbons (Fsp3) is 0.940. The van der Waals surface area contributed by atoms with Crippen LogP contribution in [0.1, 0.15) is 337 Å². The van der Waals surface area contributed by atoms with E-state index in [-0.39, 0.29) is 25.7 Å². The van der Waals surface area contributed by atoms with Crippen LogP contribution < -0.4 is 0 Å². The second kappa shape index (κ2) is 59.4. The number of aliphatic hydroxyl groups excluding tert-OH is 1. The molecule has 0 radical (unpaired) electrons. The van der Waals surface area contributed by atoms with E-state index in [1.807, 2.05) is 0 Å². The molecule has 86 heavy (non-hydrogen) atoms. The van der Waals surface area contributed by atoms with Crippen molar-refractivity contribution in [2.45, 2.75) is 355 Å². The van der Waals surface area contributed by atoms with E-state index in [1.165, 1.54) is 128 Å². The fourth-order valence-electron chi connectivity index (χ4n) is 10.1. The van der Waals surface area contributed by atoms with Crippen LogP contribution in [-0.4, -0.2) is 96.7 Å². The summed E-state index contributed by atoms with van der Waals surface area (Å²) in [6.45, 7) is 9.43. The maximum absolute atomic E-state index is 13.0. The lowest BCUT2D eigenvalue weighted by atomic mass is 10.0. The average Bonchev–Trinajstić information content (AvgIpc) is 3.65. The Morgan fingerprint density at radius 1 is 0.314 bits per heavy atom. The zero-order valence-corrected chi connectivity index (χ0v) is 57.4. The van der Waals surface area contributed by atoms with Crippen molar-refractivity contribution in [3.63, 3.8) is 0 Å². The molecule has 19 heteroatoms. The van der Waals surface area contributed by atoms with Gasteiger partial charge in [-0.25, -0.2) is 9.13 Å². The van der Waals surface area contributed by atoms with Crippen molar-refractivity contribution in [2.75, 3.05) is 39.6 Å². The van der Waals surface area contributed by atoms with E-state index in [4.69, 9.17) is 37.0 Å². The van der Waals surface area contributed by atoms with Crippen molar-refractivity contribution in [3.05, 3.63) is 0 Å². The number of carbonyl (C=O) groups is 4. The quantitative estimate of drug-likeness (QED) is 0.0222. The van der Waals surface area contributed by atoms with Gasteiger partial charge in [-0.1, -0.05) is 286 Å². The monoisotopic (exact) mass is 1270 g/mol. The molecule has 2 unspecified atom stereocenters. The van der Waals surface area contributed by atoms with E-state index < -0.39 is 97.5 Å². The Kier molecular flexibility index (Phi) is 58.0. The van der Waals surface area contributed by atoms with Gasteiger partial charge in [0.1, 0.15) is 19.3 Å². The molecule has 0 amide bonds. The summed E-state index contributed by atoms with van der Waals surface area (Å²) >= 11 is 0. The van der Waals surface area contributed by atoms with E-state index in [0.29, 0.717) is 25.7 Å². The average molecular weight is 1270 g/mol. The van der Waals surface area contributed by atoms with Crippen molar-refractivity contribution >= 4 is 39.5 Å². The summed E-state index contributed by atoms with van der Waals surface area (Å²) in [6, 6.07) is 0. The molecule has 17 nitrogen and oxygen atoms in total. The highest BCUT2D eigenvalue weighted by Crippen LogP contribution is 2.45. The number of aliphatic hydroxyl groups is 1. The maximum atomic E-state index is 13.0. The molecule has 0 aliphatic carbocycles. The molecule has 0 aromatic heterocycles. The molecule has 0 aromatic carbocycles. The van der Waals surface area contributed by atoms with Gasteiger partial charge in [-0.05, 0) is 37.5 Å². The van der Waals surface area contributed by atoms with Crippen LogP contribution in [0, 0.1) is 11.8 Å². The zero-order valence-electron chi connectivity index (χ0n) is 55.6. The molecule has 0 spiro atoms. The van der Waals surface area contributed by atoms with Crippen LogP contribution in [0.3, 0.4) is 0 Å². The molecular formula is C67H130O17P2. The zero-order chi connectivity index (χ0) is 63.6. The SMILES string of the molecule is CCCCCCCCCC(=O)OC[C@H](COP(=O)(O)OC[C@H](O)COP(=O)(O)OC[C@@H](COC(=O)CCCCCCCCCCC(C)C)OC(=O)CCCCCCCCCCCCCCCCCCCCC(C)C)OC(=O)CCCCCCCCC. The molecule has 0 aromatic rings. The van der Waals surface area contributed by atoms with E-state index in [9.17, 15) is 43.2 Å². The predicted molar refractivity (Wildman–Crippen MR) is 345 cm³/mol. The van der Waals surface area contributed by atoms with Crippen molar-refractivity contribution < 1.29 is 80.2 Å². The first-order valence-corrected chi connectivity index (χ1v) is 38.0. The third-order valence-corrected chi connectivity index (χ3v) is 17.4. The van der Waals surface area contributed by atoms with Gasteiger partial charge in [-0.3, -0.25) is 37.3 Å². The molecule has 0 bridgehead atoms. The molecule has 0 saturated heterocycles. The number of phosphoric ester groups is 2. The minimum Gasteiger partial charge on any atom is -0.462 e. The van der Waals surface area contributed by atoms with Gasteiger partial charge < -0.3 is 33.8 Å². The van der Waals surface area contributed by atoms with Crippen LogP contribution in [0.2, 0.25) is 0 Å². The smallest absolute Gasteiger partial charge is 0.462 e. The highest BCUT2D eigenvalue weighted by molar-refractivity contribution is 7.47. The lowest BCUT2D eigenvalue weighted by Gasteiger charge is -2.21. The molecule has 0 rings (SSSR count). The fourth-order valence-corrected chi connectivity index (χ4v) is 11.6. The summed E-state index contributed by atoms with van der Waals surface area (Å²) < 4.78 is 67.9.